The largest absolute Gasteiger partial charge is 0.480 e. The summed E-state index contributed by atoms with van der Waals surface area (Å²) in [5, 5.41) is 0. The van der Waals surface area contributed by atoms with E-state index in [9.17, 15) is 8.78 Å². The van der Waals surface area contributed by atoms with E-state index in [1.165, 1.54) is 13.3 Å². The highest BCUT2D eigenvalue weighted by Gasteiger charge is 2.06. The van der Waals surface area contributed by atoms with Crippen LogP contribution in [0.1, 0.15) is 0 Å². The van der Waals surface area contributed by atoms with Crippen LogP contribution in [0.3, 0.4) is 0 Å². The van der Waals surface area contributed by atoms with Crippen molar-refractivity contribution in [1.82, 2.24) is 9.97 Å². The Kier molecular flexibility index (Phi) is 1.99. The van der Waals surface area contributed by atoms with Crippen molar-refractivity contribution in [2.45, 2.75) is 0 Å². The molecule has 14 heavy (non-hydrogen) atoms. The molecule has 0 fully saturated rings. The molecular formula is C9H6F2N2O. The highest BCUT2D eigenvalue weighted by molar-refractivity contribution is 5.74. The van der Waals surface area contributed by atoms with E-state index in [4.69, 9.17) is 4.74 Å². The van der Waals surface area contributed by atoms with Crippen LogP contribution in [0, 0.1) is 11.6 Å². The highest BCUT2D eigenvalue weighted by atomic mass is 19.2. The number of hydrogen-bond donors (Lipinski definition) is 0. The van der Waals surface area contributed by atoms with Crippen LogP contribution in [-0.4, -0.2) is 17.1 Å². The first-order valence-corrected chi connectivity index (χ1v) is 3.86. The number of methoxy groups -OCH3 is 1. The van der Waals surface area contributed by atoms with Gasteiger partial charge in [0, 0.05) is 12.1 Å². The Bertz CT molecular complexity index is 487. The lowest BCUT2D eigenvalue weighted by Gasteiger charge is -2.00. The normalized spacial score (nSPS) is 10.5. The standard InChI is InChI=1S/C9H6F2N2O/c1-14-9-4-12-7-2-5(10)6(11)3-8(7)13-9/h2-4H,1H3. The van der Waals surface area contributed by atoms with Gasteiger partial charge in [0.15, 0.2) is 11.6 Å². The van der Waals surface area contributed by atoms with Crippen molar-refractivity contribution in [3.05, 3.63) is 30.0 Å². The molecule has 1 heterocycles. The van der Waals surface area contributed by atoms with Crippen molar-refractivity contribution < 1.29 is 13.5 Å². The van der Waals surface area contributed by atoms with Crippen LogP contribution < -0.4 is 4.74 Å². The average Bonchev–Trinajstić information content (AvgIpc) is 2.19. The molecule has 0 aliphatic heterocycles. The van der Waals surface area contributed by atoms with Gasteiger partial charge in [-0.1, -0.05) is 0 Å². The van der Waals surface area contributed by atoms with E-state index >= 15 is 0 Å². The fraction of sp³-hybridized carbons (Fsp3) is 0.111. The SMILES string of the molecule is COc1cnc2cc(F)c(F)cc2n1. The predicted octanol–water partition coefficient (Wildman–Crippen LogP) is 1.92. The zero-order valence-electron chi connectivity index (χ0n) is 7.29. The van der Waals surface area contributed by atoms with Crippen LogP contribution in [0.2, 0.25) is 0 Å². The third-order valence-corrected chi connectivity index (χ3v) is 1.77. The first kappa shape index (κ1) is 8.80. The van der Waals surface area contributed by atoms with E-state index in [0.29, 0.717) is 5.52 Å². The van der Waals surface area contributed by atoms with Crippen molar-refractivity contribution >= 4 is 11.0 Å². The van der Waals surface area contributed by atoms with Gasteiger partial charge in [0.1, 0.15) is 0 Å². The summed E-state index contributed by atoms with van der Waals surface area (Å²) < 4.78 is 30.4. The Balaban J connectivity index is 2.70. The minimum absolute atomic E-state index is 0.267. The molecule has 0 saturated carbocycles. The molecule has 0 aliphatic rings. The topological polar surface area (TPSA) is 35.0 Å². The minimum Gasteiger partial charge on any atom is -0.480 e. The lowest BCUT2D eigenvalue weighted by molar-refractivity contribution is 0.397. The number of benzene rings is 1. The summed E-state index contributed by atoms with van der Waals surface area (Å²) in [5.74, 6) is -1.61. The first-order valence-electron chi connectivity index (χ1n) is 3.86. The average molecular weight is 196 g/mol. The van der Waals surface area contributed by atoms with Gasteiger partial charge in [0.2, 0.25) is 5.88 Å². The van der Waals surface area contributed by atoms with Crippen molar-refractivity contribution in [3.8, 4) is 5.88 Å². The molecule has 0 bridgehead atoms. The lowest BCUT2D eigenvalue weighted by Crippen LogP contribution is -1.92. The maximum absolute atomic E-state index is 12.8. The summed E-state index contributed by atoms with van der Waals surface area (Å²) in [6.45, 7) is 0. The Hall–Kier alpha value is -1.78. The Morgan fingerprint density at radius 1 is 1.14 bits per heavy atom. The zero-order chi connectivity index (χ0) is 10.1. The van der Waals surface area contributed by atoms with E-state index in [1.807, 2.05) is 0 Å². The molecule has 72 valence electrons. The molecule has 2 aromatic rings. The Morgan fingerprint density at radius 3 is 2.43 bits per heavy atom. The molecule has 0 amide bonds. The van der Waals surface area contributed by atoms with Crippen LogP contribution in [-0.2, 0) is 0 Å². The number of fused-ring (bicyclic) bond motifs is 1. The molecule has 2 rings (SSSR count). The van der Waals surface area contributed by atoms with Gasteiger partial charge in [-0.2, -0.15) is 0 Å². The van der Waals surface area contributed by atoms with Gasteiger partial charge in [0.05, 0.1) is 24.3 Å². The summed E-state index contributed by atoms with van der Waals surface area (Å²) in [4.78, 5) is 7.76. The molecular weight excluding hydrogens is 190 g/mol. The second-order valence-corrected chi connectivity index (χ2v) is 2.67. The number of halogens is 2. The fourth-order valence-electron chi connectivity index (χ4n) is 1.09. The molecule has 0 N–H and O–H groups in total. The third kappa shape index (κ3) is 1.37. The molecule has 1 aromatic carbocycles. The molecule has 5 heteroatoms. The smallest absolute Gasteiger partial charge is 0.232 e. The number of rotatable bonds is 1. The summed E-state index contributed by atoms with van der Waals surface area (Å²) in [7, 11) is 1.43. The third-order valence-electron chi connectivity index (χ3n) is 1.77. The monoisotopic (exact) mass is 196 g/mol. The van der Waals surface area contributed by atoms with Crippen molar-refractivity contribution in [1.29, 1.82) is 0 Å². The van der Waals surface area contributed by atoms with Crippen molar-refractivity contribution in [2.75, 3.05) is 7.11 Å². The zero-order valence-corrected chi connectivity index (χ0v) is 7.29. The van der Waals surface area contributed by atoms with Gasteiger partial charge >= 0.3 is 0 Å². The molecule has 1 aromatic heterocycles. The first-order chi connectivity index (χ1) is 6.70. The van der Waals surface area contributed by atoms with Gasteiger partial charge in [-0.15, -0.1) is 0 Å². The van der Waals surface area contributed by atoms with E-state index in [0.717, 1.165) is 12.1 Å². The summed E-state index contributed by atoms with van der Waals surface area (Å²) in [6.07, 6.45) is 1.35. The predicted molar refractivity (Wildman–Crippen MR) is 46.0 cm³/mol. The van der Waals surface area contributed by atoms with E-state index < -0.39 is 11.6 Å². The molecule has 0 spiro atoms. The number of nitrogens with zero attached hydrogens (tertiary/aromatic N) is 2. The molecule has 0 radical (unpaired) electrons. The van der Waals surface area contributed by atoms with Gasteiger partial charge in [0.25, 0.3) is 0 Å². The van der Waals surface area contributed by atoms with Gasteiger partial charge in [-0.05, 0) is 0 Å². The number of aromatic nitrogens is 2. The van der Waals surface area contributed by atoms with E-state index in [1.54, 1.807) is 0 Å². The second kappa shape index (κ2) is 3.17. The minimum atomic E-state index is -0.944. The summed E-state index contributed by atoms with van der Waals surface area (Å²) in [5.41, 5.74) is 0.563. The van der Waals surface area contributed by atoms with Crippen molar-refractivity contribution in [2.24, 2.45) is 0 Å². The van der Waals surface area contributed by atoms with Gasteiger partial charge in [-0.3, -0.25) is 0 Å². The van der Waals surface area contributed by atoms with Crippen LogP contribution in [0.25, 0.3) is 11.0 Å². The van der Waals surface area contributed by atoms with E-state index in [-0.39, 0.29) is 11.4 Å². The lowest BCUT2D eigenvalue weighted by atomic mass is 10.3. The maximum Gasteiger partial charge on any atom is 0.232 e. The maximum atomic E-state index is 12.8. The van der Waals surface area contributed by atoms with Crippen LogP contribution in [0.15, 0.2) is 18.3 Å². The molecule has 0 atom stereocenters. The molecule has 3 nitrogen and oxygen atoms in total. The van der Waals surface area contributed by atoms with Crippen molar-refractivity contribution in [3.63, 3.8) is 0 Å². The van der Waals surface area contributed by atoms with Crippen LogP contribution in [0.5, 0.6) is 5.88 Å². The molecule has 0 unspecified atom stereocenters. The van der Waals surface area contributed by atoms with Gasteiger partial charge in [-0.25, -0.2) is 18.7 Å². The summed E-state index contributed by atoms with van der Waals surface area (Å²) in [6, 6.07) is 1.98. The number of ether oxygens (including phenoxy) is 1. The highest BCUT2D eigenvalue weighted by Crippen LogP contribution is 2.16. The van der Waals surface area contributed by atoms with Crippen LogP contribution >= 0.6 is 0 Å². The fourth-order valence-corrected chi connectivity index (χ4v) is 1.09. The Labute approximate surface area is 78.4 Å². The second-order valence-electron chi connectivity index (χ2n) is 2.67. The molecule has 0 aliphatic carbocycles. The Morgan fingerprint density at radius 2 is 1.79 bits per heavy atom. The number of hydrogen-bond acceptors (Lipinski definition) is 3. The quantitative estimate of drug-likeness (QED) is 0.698. The van der Waals surface area contributed by atoms with E-state index in [2.05, 4.69) is 9.97 Å². The molecule has 0 saturated heterocycles. The summed E-state index contributed by atoms with van der Waals surface area (Å²) >= 11 is 0. The van der Waals surface area contributed by atoms with Gasteiger partial charge < -0.3 is 4.74 Å². The van der Waals surface area contributed by atoms with Crippen LogP contribution in [0.4, 0.5) is 8.78 Å².